The summed E-state index contributed by atoms with van der Waals surface area (Å²) < 4.78 is 0. The van der Waals surface area contributed by atoms with Crippen molar-refractivity contribution in [2.45, 2.75) is 18.9 Å². The minimum Gasteiger partial charge on any atom is -0.361 e. The first-order valence-electron chi connectivity index (χ1n) is 10.3. The van der Waals surface area contributed by atoms with Gasteiger partial charge in [-0.25, -0.2) is 0 Å². The highest BCUT2D eigenvalue weighted by atomic mass is 35.5. The van der Waals surface area contributed by atoms with Crippen LogP contribution in [0, 0.1) is 0 Å². The molecule has 0 bridgehead atoms. The Morgan fingerprint density at radius 2 is 1.57 bits per heavy atom. The quantitative estimate of drug-likeness (QED) is 0.394. The molecule has 1 saturated heterocycles. The van der Waals surface area contributed by atoms with Crippen LogP contribution in [-0.4, -0.2) is 31.1 Å². The van der Waals surface area contributed by atoms with Gasteiger partial charge in [0.05, 0.1) is 16.8 Å². The second-order valence-corrected chi connectivity index (χ2v) is 9.21. The Balaban J connectivity index is 1.59. The molecular formula is C25H25Cl3N2. The molecule has 1 heterocycles. The maximum absolute atomic E-state index is 6.58. The molecule has 3 aromatic rings. The molecule has 30 heavy (non-hydrogen) atoms. The lowest BCUT2D eigenvalue weighted by atomic mass is 9.97. The van der Waals surface area contributed by atoms with Gasteiger partial charge in [0.25, 0.3) is 0 Å². The third-order valence-electron chi connectivity index (χ3n) is 5.84. The highest BCUT2D eigenvalue weighted by Gasteiger charge is 2.30. The molecule has 3 aromatic carbocycles. The van der Waals surface area contributed by atoms with E-state index in [1.165, 1.54) is 11.1 Å². The van der Waals surface area contributed by atoms with Crippen molar-refractivity contribution in [3.63, 3.8) is 0 Å². The topological polar surface area (TPSA) is 6.48 Å². The van der Waals surface area contributed by atoms with Crippen LogP contribution in [-0.2, 0) is 0 Å². The zero-order valence-electron chi connectivity index (χ0n) is 16.9. The average Bonchev–Trinajstić information content (AvgIpc) is 2.75. The van der Waals surface area contributed by atoms with Gasteiger partial charge < -0.3 is 4.90 Å². The molecule has 2 atom stereocenters. The highest BCUT2D eigenvalue weighted by Crippen LogP contribution is 2.37. The van der Waals surface area contributed by atoms with Crippen molar-refractivity contribution < 1.29 is 0 Å². The largest absolute Gasteiger partial charge is 0.361 e. The summed E-state index contributed by atoms with van der Waals surface area (Å²) in [7, 11) is 0. The molecular weight excluding hydrogens is 435 g/mol. The van der Waals surface area contributed by atoms with Gasteiger partial charge in [0.15, 0.2) is 0 Å². The minimum absolute atomic E-state index is 0.192. The number of rotatable bonds is 5. The molecule has 4 rings (SSSR count). The fourth-order valence-corrected chi connectivity index (χ4v) is 4.90. The van der Waals surface area contributed by atoms with Crippen molar-refractivity contribution >= 4 is 40.5 Å². The lowest BCUT2D eigenvalue weighted by molar-refractivity contribution is 0.214. The Bertz CT molecular complexity index is 975. The van der Waals surface area contributed by atoms with Crippen LogP contribution < -0.4 is 4.90 Å². The summed E-state index contributed by atoms with van der Waals surface area (Å²) in [5.41, 5.74) is 3.64. The van der Waals surface area contributed by atoms with E-state index in [-0.39, 0.29) is 6.04 Å². The predicted octanol–water partition coefficient (Wildman–Crippen LogP) is 7.31. The number of hydrogen-bond donors (Lipinski definition) is 0. The van der Waals surface area contributed by atoms with Crippen LogP contribution in [0.3, 0.4) is 0 Å². The van der Waals surface area contributed by atoms with Crippen molar-refractivity contribution in [1.82, 2.24) is 4.90 Å². The molecule has 0 aliphatic carbocycles. The van der Waals surface area contributed by atoms with Crippen LogP contribution in [0.5, 0.6) is 0 Å². The molecule has 1 aliphatic rings. The molecule has 0 radical (unpaired) electrons. The predicted molar refractivity (Wildman–Crippen MR) is 129 cm³/mol. The van der Waals surface area contributed by atoms with Gasteiger partial charge in [0, 0.05) is 36.2 Å². The summed E-state index contributed by atoms with van der Waals surface area (Å²) in [4.78, 5) is 4.95. The Morgan fingerprint density at radius 1 is 0.867 bits per heavy atom. The monoisotopic (exact) mass is 458 g/mol. The third kappa shape index (κ3) is 4.95. The number of hydrogen-bond acceptors (Lipinski definition) is 2. The second-order valence-electron chi connectivity index (χ2n) is 7.93. The molecule has 0 saturated carbocycles. The van der Waals surface area contributed by atoms with E-state index in [4.69, 9.17) is 34.8 Å². The summed E-state index contributed by atoms with van der Waals surface area (Å²) in [6.07, 6.45) is 0. The van der Waals surface area contributed by atoms with Gasteiger partial charge in [-0.15, -0.1) is 0 Å². The summed E-state index contributed by atoms with van der Waals surface area (Å²) in [6, 6.07) is 24.8. The van der Waals surface area contributed by atoms with E-state index in [1.54, 1.807) is 0 Å². The molecule has 2 nitrogen and oxygen atoms in total. The van der Waals surface area contributed by atoms with E-state index in [0.29, 0.717) is 16.0 Å². The van der Waals surface area contributed by atoms with Gasteiger partial charge in [-0.2, -0.15) is 0 Å². The summed E-state index contributed by atoms with van der Waals surface area (Å²) >= 11 is 18.9. The van der Waals surface area contributed by atoms with Gasteiger partial charge in [-0.3, -0.25) is 4.90 Å². The van der Waals surface area contributed by atoms with Crippen LogP contribution in [0.15, 0.2) is 72.8 Å². The fraction of sp³-hybridized carbons (Fsp3) is 0.280. The molecule has 0 N–H and O–H groups in total. The van der Waals surface area contributed by atoms with Crippen LogP contribution in [0.1, 0.15) is 30.0 Å². The first kappa shape index (κ1) is 21.5. The van der Waals surface area contributed by atoms with Crippen LogP contribution in [0.4, 0.5) is 5.69 Å². The van der Waals surface area contributed by atoms with E-state index in [2.05, 4.69) is 59.2 Å². The standard InChI is InChI=1S/C25H25Cl3N2/c1-18(19-5-3-2-4-6-19)16-29-13-14-30(24-12-11-22(27)15-23(24)28)25(17-29)20-7-9-21(26)10-8-20/h2-12,15,18,25H,13-14,16-17H2,1H3. The fourth-order valence-electron chi connectivity index (χ4n) is 4.25. The Kier molecular flexibility index (Phi) is 6.90. The lowest BCUT2D eigenvalue weighted by Gasteiger charge is -2.44. The molecule has 0 spiro atoms. The maximum Gasteiger partial charge on any atom is 0.0670 e. The zero-order valence-corrected chi connectivity index (χ0v) is 19.2. The van der Waals surface area contributed by atoms with E-state index in [9.17, 15) is 0 Å². The third-order valence-corrected chi connectivity index (χ3v) is 6.63. The van der Waals surface area contributed by atoms with Gasteiger partial charge >= 0.3 is 0 Å². The number of benzene rings is 3. The first-order valence-corrected chi connectivity index (χ1v) is 11.4. The molecule has 2 unspecified atom stereocenters. The van der Waals surface area contributed by atoms with Gasteiger partial charge in [-0.05, 0) is 47.4 Å². The molecule has 5 heteroatoms. The van der Waals surface area contributed by atoms with Crippen molar-refractivity contribution in [2.24, 2.45) is 0 Å². The SMILES string of the molecule is CC(CN1CCN(c2ccc(Cl)cc2Cl)C(c2ccc(Cl)cc2)C1)c1ccccc1. The Labute approximate surface area is 194 Å². The highest BCUT2D eigenvalue weighted by molar-refractivity contribution is 6.36. The Hall–Kier alpha value is -1.71. The number of halogens is 3. The summed E-state index contributed by atoms with van der Waals surface area (Å²) in [6.45, 7) is 6.14. The molecule has 156 valence electrons. The van der Waals surface area contributed by atoms with Crippen LogP contribution >= 0.6 is 34.8 Å². The number of nitrogens with zero attached hydrogens (tertiary/aromatic N) is 2. The maximum atomic E-state index is 6.58. The van der Waals surface area contributed by atoms with Crippen molar-refractivity contribution in [3.8, 4) is 0 Å². The normalized spacial score (nSPS) is 18.4. The molecule has 1 aliphatic heterocycles. The van der Waals surface area contributed by atoms with Gasteiger partial charge in [0.2, 0.25) is 0 Å². The van der Waals surface area contributed by atoms with Crippen LogP contribution in [0.25, 0.3) is 0 Å². The number of piperazine rings is 1. The Morgan fingerprint density at radius 3 is 2.27 bits per heavy atom. The average molecular weight is 460 g/mol. The lowest BCUT2D eigenvalue weighted by Crippen LogP contribution is -2.49. The number of anilines is 1. The smallest absolute Gasteiger partial charge is 0.0670 e. The van der Waals surface area contributed by atoms with Crippen molar-refractivity contribution in [3.05, 3.63) is 99.0 Å². The van der Waals surface area contributed by atoms with Gasteiger partial charge in [0.1, 0.15) is 0 Å². The molecule has 1 fully saturated rings. The van der Waals surface area contributed by atoms with E-state index in [1.807, 2.05) is 30.3 Å². The van der Waals surface area contributed by atoms with E-state index >= 15 is 0 Å². The second kappa shape index (κ2) is 9.62. The van der Waals surface area contributed by atoms with Crippen molar-refractivity contribution in [2.75, 3.05) is 31.1 Å². The first-order chi connectivity index (χ1) is 14.5. The minimum atomic E-state index is 0.192. The summed E-state index contributed by atoms with van der Waals surface area (Å²) in [5, 5.41) is 2.09. The summed E-state index contributed by atoms with van der Waals surface area (Å²) in [5.74, 6) is 0.475. The van der Waals surface area contributed by atoms with Crippen molar-refractivity contribution in [1.29, 1.82) is 0 Å². The molecule has 0 amide bonds. The molecule has 0 aromatic heterocycles. The van der Waals surface area contributed by atoms with E-state index in [0.717, 1.165) is 36.9 Å². The van der Waals surface area contributed by atoms with Gasteiger partial charge in [-0.1, -0.05) is 84.2 Å². The van der Waals surface area contributed by atoms with E-state index < -0.39 is 0 Å². The van der Waals surface area contributed by atoms with Crippen LogP contribution in [0.2, 0.25) is 15.1 Å². The zero-order chi connectivity index (χ0) is 21.1.